The molecule has 0 saturated heterocycles. The molecule has 3 N–H and O–H groups in total. The van der Waals surface area contributed by atoms with E-state index in [9.17, 15) is 4.79 Å². The molecule has 2 aromatic rings. The van der Waals surface area contributed by atoms with Crippen molar-refractivity contribution >= 4 is 11.8 Å². The quantitative estimate of drug-likeness (QED) is 0.822. The minimum atomic E-state index is -0.139. The highest BCUT2D eigenvalue weighted by atomic mass is 32.2. The maximum atomic E-state index is 11.2. The summed E-state index contributed by atoms with van der Waals surface area (Å²) in [6.07, 6.45) is 2.33. The number of hydrogen-bond donors (Lipinski definition) is 2. The molecule has 94 valence electrons. The summed E-state index contributed by atoms with van der Waals surface area (Å²) < 4.78 is 0. The van der Waals surface area contributed by atoms with E-state index in [1.54, 1.807) is 0 Å². The predicted octanol–water partition coefficient (Wildman–Crippen LogP) is 1.73. The summed E-state index contributed by atoms with van der Waals surface area (Å²) in [5, 5.41) is 0.602. The van der Waals surface area contributed by atoms with E-state index in [4.69, 9.17) is 5.73 Å². The van der Waals surface area contributed by atoms with Crippen LogP contribution >= 0.6 is 11.8 Å². The van der Waals surface area contributed by atoms with Crippen LogP contribution in [0.15, 0.2) is 45.3 Å². The largest absolute Gasteiger partial charge is 0.330 e. The number of aromatic amines is 1. The first kappa shape index (κ1) is 12.9. The Labute approximate surface area is 110 Å². The third-order valence-electron chi connectivity index (χ3n) is 2.48. The fourth-order valence-electron chi connectivity index (χ4n) is 1.67. The molecule has 1 aromatic heterocycles. The Morgan fingerprint density at radius 1 is 1.39 bits per heavy atom. The maximum Gasteiger partial charge on any atom is 0.251 e. The number of nitrogens with two attached hydrogens (primary N) is 1. The van der Waals surface area contributed by atoms with E-state index >= 15 is 0 Å². The van der Waals surface area contributed by atoms with Crippen molar-refractivity contribution in [2.24, 2.45) is 5.73 Å². The van der Waals surface area contributed by atoms with Crippen molar-refractivity contribution in [3.05, 3.63) is 51.9 Å². The molecule has 4 nitrogen and oxygen atoms in total. The van der Waals surface area contributed by atoms with Crippen LogP contribution in [0.1, 0.15) is 11.1 Å². The summed E-state index contributed by atoms with van der Waals surface area (Å²) in [6, 6.07) is 7.61. The summed E-state index contributed by atoms with van der Waals surface area (Å²) in [5.74, 6) is 0. The monoisotopic (exact) mass is 261 g/mol. The first-order valence-corrected chi connectivity index (χ1v) is 6.53. The van der Waals surface area contributed by atoms with Crippen LogP contribution < -0.4 is 11.3 Å². The molecule has 0 radical (unpaired) electrons. The van der Waals surface area contributed by atoms with Gasteiger partial charge >= 0.3 is 0 Å². The second-order valence-electron chi connectivity index (χ2n) is 3.99. The molecule has 0 aliphatic heterocycles. The average molecular weight is 261 g/mol. The zero-order chi connectivity index (χ0) is 13.0. The van der Waals surface area contributed by atoms with Gasteiger partial charge in [-0.15, -0.1) is 0 Å². The van der Waals surface area contributed by atoms with Crippen LogP contribution in [-0.4, -0.2) is 16.5 Å². The van der Waals surface area contributed by atoms with Crippen LogP contribution in [0.25, 0.3) is 0 Å². The lowest BCUT2D eigenvalue weighted by molar-refractivity contribution is 0.922. The molecule has 1 aromatic carbocycles. The highest BCUT2D eigenvalue weighted by Gasteiger charge is 2.06. The van der Waals surface area contributed by atoms with E-state index in [-0.39, 0.29) is 5.56 Å². The Morgan fingerprint density at radius 2 is 2.22 bits per heavy atom. The fraction of sp³-hybridized carbons (Fsp3) is 0.231. The minimum Gasteiger partial charge on any atom is -0.330 e. The van der Waals surface area contributed by atoms with Gasteiger partial charge in [0.2, 0.25) is 0 Å². The standard InChI is InChI=1S/C13H15N3OS/c1-9-2-3-11(10(8-9)4-6-14)18-13-15-7-5-12(17)16-13/h2-3,5,7-8H,4,6,14H2,1H3,(H,15,16,17). The van der Waals surface area contributed by atoms with Gasteiger partial charge in [0.15, 0.2) is 5.16 Å². The zero-order valence-corrected chi connectivity index (χ0v) is 11.0. The van der Waals surface area contributed by atoms with E-state index < -0.39 is 0 Å². The van der Waals surface area contributed by atoms with Crippen LogP contribution in [0, 0.1) is 6.92 Å². The van der Waals surface area contributed by atoms with Crippen LogP contribution in [0.4, 0.5) is 0 Å². The predicted molar refractivity (Wildman–Crippen MR) is 72.9 cm³/mol. The first-order chi connectivity index (χ1) is 8.69. The lowest BCUT2D eigenvalue weighted by Crippen LogP contribution is -2.06. The average Bonchev–Trinajstić information content (AvgIpc) is 2.33. The molecular formula is C13H15N3OS. The van der Waals surface area contributed by atoms with Gasteiger partial charge in [-0.25, -0.2) is 4.98 Å². The number of aryl methyl sites for hydroxylation is 1. The molecule has 0 saturated carbocycles. The van der Waals surface area contributed by atoms with Gasteiger partial charge in [0, 0.05) is 17.2 Å². The number of nitrogens with zero attached hydrogens (tertiary/aromatic N) is 1. The van der Waals surface area contributed by atoms with E-state index in [0.29, 0.717) is 11.7 Å². The van der Waals surface area contributed by atoms with Crippen LogP contribution in [0.5, 0.6) is 0 Å². The summed E-state index contributed by atoms with van der Waals surface area (Å²) >= 11 is 1.45. The van der Waals surface area contributed by atoms with Crippen molar-refractivity contribution < 1.29 is 0 Å². The number of nitrogens with one attached hydrogen (secondary N) is 1. The molecule has 18 heavy (non-hydrogen) atoms. The number of H-pyrrole nitrogens is 1. The molecule has 0 atom stereocenters. The summed E-state index contributed by atoms with van der Waals surface area (Å²) in [6.45, 7) is 2.66. The van der Waals surface area contributed by atoms with Gasteiger partial charge in [0.25, 0.3) is 5.56 Å². The SMILES string of the molecule is Cc1ccc(Sc2nccc(=O)[nH]2)c(CCN)c1. The maximum absolute atomic E-state index is 11.2. The summed E-state index contributed by atoms with van der Waals surface area (Å²) in [4.78, 5) is 19.1. The van der Waals surface area contributed by atoms with Gasteiger partial charge in [-0.05, 0) is 31.5 Å². The molecule has 0 amide bonds. The molecule has 0 aliphatic rings. The van der Waals surface area contributed by atoms with E-state index in [1.165, 1.54) is 35.2 Å². The van der Waals surface area contributed by atoms with Gasteiger partial charge in [0.05, 0.1) is 0 Å². The van der Waals surface area contributed by atoms with Gasteiger partial charge < -0.3 is 10.7 Å². The number of benzene rings is 1. The Bertz CT molecular complexity index is 595. The van der Waals surface area contributed by atoms with Crippen molar-refractivity contribution in [1.82, 2.24) is 9.97 Å². The molecule has 2 rings (SSSR count). The Kier molecular flexibility index (Phi) is 4.17. The van der Waals surface area contributed by atoms with Crippen LogP contribution in [0.2, 0.25) is 0 Å². The molecule has 0 aliphatic carbocycles. The Hall–Kier alpha value is -1.59. The van der Waals surface area contributed by atoms with Crippen molar-refractivity contribution in [3.8, 4) is 0 Å². The Balaban J connectivity index is 2.30. The minimum absolute atomic E-state index is 0.139. The van der Waals surface area contributed by atoms with E-state index in [0.717, 1.165) is 11.3 Å². The van der Waals surface area contributed by atoms with Crippen LogP contribution in [-0.2, 0) is 6.42 Å². The summed E-state index contributed by atoms with van der Waals surface area (Å²) in [7, 11) is 0. The number of aromatic nitrogens is 2. The molecule has 5 heteroatoms. The fourth-order valence-corrected chi connectivity index (χ4v) is 2.57. The van der Waals surface area contributed by atoms with Crippen molar-refractivity contribution in [1.29, 1.82) is 0 Å². The van der Waals surface area contributed by atoms with Gasteiger partial charge in [-0.3, -0.25) is 4.79 Å². The molecule has 0 bridgehead atoms. The summed E-state index contributed by atoms with van der Waals surface area (Å²) in [5.41, 5.74) is 7.87. The Morgan fingerprint density at radius 3 is 2.94 bits per heavy atom. The van der Waals surface area contributed by atoms with Gasteiger partial charge in [-0.2, -0.15) is 0 Å². The molecule has 0 fully saturated rings. The van der Waals surface area contributed by atoms with Gasteiger partial charge in [-0.1, -0.05) is 29.5 Å². The van der Waals surface area contributed by atoms with E-state index in [1.807, 2.05) is 12.1 Å². The molecule has 1 heterocycles. The van der Waals surface area contributed by atoms with Gasteiger partial charge in [0.1, 0.15) is 0 Å². The van der Waals surface area contributed by atoms with E-state index in [2.05, 4.69) is 23.0 Å². The molecular weight excluding hydrogens is 246 g/mol. The van der Waals surface area contributed by atoms with Crippen molar-refractivity contribution in [2.75, 3.05) is 6.54 Å². The first-order valence-electron chi connectivity index (χ1n) is 5.72. The number of hydrogen-bond acceptors (Lipinski definition) is 4. The molecule has 0 spiro atoms. The topological polar surface area (TPSA) is 71.8 Å². The highest BCUT2D eigenvalue weighted by molar-refractivity contribution is 7.99. The number of rotatable bonds is 4. The third-order valence-corrected chi connectivity index (χ3v) is 3.50. The zero-order valence-electron chi connectivity index (χ0n) is 10.1. The lowest BCUT2D eigenvalue weighted by Gasteiger charge is -2.08. The lowest BCUT2D eigenvalue weighted by atomic mass is 10.1. The smallest absolute Gasteiger partial charge is 0.251 e. The van der Waals surface area contributed by atoms with Crippen molar-refractivity contribution in [2.45, 2.75) is 23.4 Å². The van der Waals surface area contributed by atoms with Crippen molar-refractivity contribution in [3.63, 3.8) is 0 Å². The highest BCUT2D eigenvalue weighted by Crippen LogP contribution is 2.28. The second-order valence-corrected chi connectivity index (χ2v) is 5.02. The normalized spacial score (nSPS) is 10.6. The third kappa shape index (κ3) is 3.21. The molecule has 0 unspecified atom stereocenters. The second kappa shape index (κ2) is 5.84. The van der Waals surface area contributed by atoms with Crippen LogP contribution in [0.3, 0.4) is 0 Å².